The Hall–Kier alpha value is -0.600. The standard InChI is InChI=1S/C10H24N2O2.C2H2/c1-9(6-14)12-8-10(2,3)7-11-4-5-13;1-2/h9,11-14H,4-8H2,1-3H3;1-2H/t9-;/m1./s1. The SMILES string of the molecule is C#C.C[C@H](CO)NCC(C)(C)CNCCO. The maximum Gasteiger partial charge on any atom is 0.0581 e. The number of hydrogen-bond donors (Lipinski definition) is 4. The number of aliphatic hydroxyl groups is 2. The summed E-state index contributed by atoms with van der Waals surface area (Å²) in [4.78, 5) is 0. The molecule has 0 radical (unpaired) electrons. The average Bonchev–Trinajstić information content (AvgIpc) is 2.29. The first-order chi connectivity index (χ1) is 7.52. The summed E-state index contributed by atoms with van der Waals surface area (Å²) < 4.78 is 0. The van der Waals surface area contributed by atoms with Gasteiger partial charge < -0.3 is 20.8 Å². The van der Waals surface area contributed by atoms with E-state index in [0.29, 0.717) is 6.54 Å². The van der Waals surface area contributed by atoms with Crippen molar-refractivity contribution in [2.75, 3.05) is 32.8 Å². The molecule has 16 heavy (non-hydrogen) atoms. The molecule has 1 atom stereocenters. The monoisotopic (exact) mass is 230 g/mol. The minimum absolute atomic E-state index is 0.137. The summed E-state index contributed by atoms with van der Waals surface area (Å²) in [5.41, 5.74) is 0.137. The van der Waals surface area contributed by atoms with Crippen molar-refractivity contribution < 1.29 is 10.2 Å². The molecule has 0 aliphatic rings. The largest absolute Gasteiger partial charge is 0.395 e. The average molecular weight is 230 g/mol. The fourth-order valence-electron chi connectivity index (χ4n) is 1.08. The zero-order valence-corrected chi connectivity index (χ0v) is 10.7. The molecular weight excluding hydrogens is 204 g/mol. The van der Waals surface area contributed by atoms with E-state index >= 15 is 0 Å². The highest BCUT2D eigenvalue weighted by Crippen LogP contribution is 2.11. The molecular formula is C12H26N2O2. The smallest absolute Gasteiger partial charge is 0.0581 e. The van der Waals surface area contributed by atoms with E-state index in [4.69, 9.17) is 10.2 Å². The van der Waals surface area contributed by atoms with Gasteiger partial charge in [-0.3, -0.25) is 0 Å². The van der Waals surface area contributed by atoms with Crippen LogP contribution in [-0.4, -0.2) is 49.1 Å². The van der Waals surface area contributed by atoms with Crippen molar-refractivity contribution >= 4 is 0 Å². The molecule has 0 aliphatic carbocycles. The lowest BCUT2D eigenvalue weighted by atomic mass is 9.93. The zero-order valence-electron chi connectivity index (χ0n) is 10.7. The van der Waals surface area contributed by atoms with Crippen LogP contribution >= 0.6 is 0 Å². The van der Waals surface area contributed by atoms with Crippen molar-refractivity contribution in [2.45, 2.75) is 26.8 Å². The van der Waals surface area contributed by atoms with E-state index < -0.39 is 0 Å². The normalized spacial score (nSPS) is 12.7. The third kappa shape index (κ3) is 11.5. The van der Waals surface area contributed by atoms with Crippen LogP contribution < -0.4 is 10.6 Å². The first kappa shape index (κ1) is 17.8. The Morgan fingerprint density at radius 1 is 1.19 bits per heavy atom. The van der Waals surface area contributed by atoms with Gasteiger partial charge in [-0.1, -0.05) is 13.8 Å². The van der Waals surface area contributed by atoms with Crippen molar-refractivity contribution in [3.05, 3.63) is 0 Å². The van der Waals surface area contributed by atoms with Gasteiger partial charge in [0.1, 0.15) is 0 Å². The summed E-state index contributed by atoms with van der Waals surface area (Å²) >= 11 is 0. The Morgan fingerprint density at radius 3 is 2.19 bits per heavy atom. The maximum absolute atomic E-state index is 8.83. The van der Waals surface area contributed by atoms with Crippen LogP contribution in [0.25, 0.3) is 0 Å². The van der Waals surface area contributed by atoms with E-state index in [1.807, 2.05) is 6.92 Å². The molecule has 0 fully saturated rings. The molecule has 0 saturated heterocycles. The van der Waals surface area contributed by atoms with Crippen LogP contribution in [0, 0.1) is 18.3 Å². The lowest BCUT2D eigenvalue weighted by Gasteiger charge is -2.27. The highest BCUT2D eigenvalue weighted by Gasteiger charge is 2.17. The van der Waals surface area contributed by atoms with Gasteiger partial charge in [-0.25, -0.2) is 0 Å². The van der Waals surface area contributed by atoms with Gasteiger partial charge in [0.15, 0.2) is 0 Å². The Bertz CT molecular complexity index is 170. The molecule has 0 rings (SSSR count). The van der Waals surface area contributed by atoms with Crippen LogP contribution in [0.15, 0.2) is 0 Å². The minimum Gasteiger partial charge on any atom is -0.395 e. The number of aliphatic hydroxyl groups excluding tert-OH is 2. The summed E-state index contributed by atoms with van der Waals surface area (Å²) in [6.07, 6.45) is 8.00. The Kier molecular flexibility index (Phi) is 12.1. The zero-order chi connectivity index (χ0) is 13.0. The number of hydrogen-bond acceptors (Lipinski definition) is 4. The first-order valence-electron chi connectivity index (χ1n) is 5.51. The molecule has 0 aromatic heterocycles. The second-order valence-corrected chi connectivity index (χ2v) is 4.53. The van der Waals surface area contributed by atoms with Crippen LogP contribution in [0.1, 0.15) is 20.8 Å². The van der Waals surface area contributed by atoms with Gasteiger partial charge in [0, 0.05) is 25.7 Å². The van der Waals surface area contributed by atoms with Gasteiger partial charge in [0.25, 0.3) is 0 Å². The van der Waals surface area contributed by atoms with Gasteiger partial charge in [-0.2, -0.15) is 0 Å². The highest BCUT2D eigenvalue weighted by atomic mass is 16.3. The van der Waals surface area contributed by atoms with Crippen molar-refractivity contribution in [3.8, 4) is 12.8 Å². The van der Waals surface area contributed by atoms with Gasteiger partial charge in [0.05, 0.1) is 13.2 Å². The van der Waals surface area contributed by atoms with E-state index in [1.54, 1.807) is 0 Å². The predicted octanol–water partition coefficient (Wildman–Crippen LogP) is -0.186. The quantitative estimate of drug-likeness (QED) is 0.345. The summed E-state index contributed by atoms with van der Waals surface area (Å²) in [5, 5.41) is 23.9. The van der Waals surface area contributed by atoms with E-state index in [-0.39, 0.29) is 24.7 Å². The van der Waals surface area contributed by atoms with E-state index in [1.165, 1.54) is 0 Å². The van der Waals surface area contributed by atoms with Gasteiger partial charge >= 0.3 is 0 Å². The van der Waals surface area contributed by atoms with Crippen molar-refractivity contribution in [1.29, 1.82) is 0 Å². The Labute approximate surface area is 99.4 Å². The summed E-state index contributed by atoms with van der Waals surface area (Å²) in [7, 11) is 0. The second-order valence-electron chi connectivity index (χ2n) is 4.53. The van der Waals surface area contributed by atoms with Crippen molar-refractivity contribution in [3.63, 3.8) is 0 Å². The molecule has 0 heterocycles. The number of rotatable bonds is 8. The molecule has 0 aromatic rings. The molecule has 0 bridgehead atoms. The lowest BCUT2D eigenvalue weighted by molar-refractivity contribution is 0.225. The van der Waals surface area contributed by atoms with Gasteiger partial charge in [-0.15, -0.1) is 12.8 Å². The minimum atomic E-state index is 0.137. The topological polar surface area (TPSA) is 64.5 Å². The first-order valence-corrected chi connectivity index (χ1v) is 5.51. The number of nitrogens with one attached hydrogen (secondary N) is 2. The van der Waals surface area contributed by atoms with Crippen LogP contribution in [0.4, 0.5) is 0 Å². The molecule has 0 spiro atoms. The summed E-state index contributed by atoms with van der Waals surface area (Å²) in [5.74, 6) is 0. The van der Waals surface area contributed by atoms with Gasteiger partial charge in [0.2, 0.25) is 0 Å². The molecule has 0 amide bonds. The lowest BCUT2D eigenvalue weighted by Crippen LogP contribution is -2.42. The van der Waals surface area contributed by atoms with Crippen LogP contribution in [0.5, 0.6) is 0 Å². The Morgan fingerprint density at radius 2 is 1.75 bits per heavy atom. The molecule has 0 unspecified atom stereocenters. The summed E-state index contributed by atoms with van der Waals surface area (Å²) in [6.45, 7) is 8.95. The molecule has 0 aliphatic heterocycles. The van der Waals surface area contributed by atoms with Crippen molar-refractivity contribution in [2.24, 2.45) is 5.41 Å². The summed E-state index contributed by atoms with van der Waals surface area (Å²) in [6, 6.07) is 0.145. The van der Waals surface area contributed by atoms with E-state index in [2.05, 4.69) is 37.3 Å². The second kappa shape index (κ2) is 10.9. The predicted molar refractivity (Wildman–Crippen MR) is 68.2 cm³/mol. The van der Waals surface area contributed by atoms with Crippen molar-refractivity contribution in [1.82, 2.24) is 10.6 Å². The molecule has 4 N–H and O–H groups in total. The van der Waals surface area contributed by atoms with E-state index in [9.17, 15) is 0 Å². The highest BCUT2D eigenvalue weighted by molar-refractivity contribution is 4.75. The fourth-order valence-corrected chi connectivity index (χ4v) is 1.08. The third-order valence-corrected chi connectivity index (χ3v) is 2.10. The number of terminal acetylenes is 1. The van der Waals surface area contributed by atoms with Gasteiger partial charge in [-0.05, 0) is 12.3 Å². The molecule has 0 saturated carbocycles. The maximum atomic E-state index is 8.83. The molecule has 4 heteroatoms. The van der Waals surface area contributed by atoms with Crippen LogP contribution in [-0.2, 0) is 0 Å². The molecule has 0 aromatic carbocycles. The Balaban J connectivity index is 0. The molecule has 4 nitrogen and oxygen atoms in total. The fraction of sp³-hybridized carbons (Fsp3) is 0.833. The molecule has 96 valence electrons. The van der Waals surface area contributed by atoms with Crippen LogP contribution in [0.2, 0.25) is 0 Å². The van der Waals surface area contributed by atoms with E-state index in [0.717, 1.165) is 13.1 Å². The van der Waals surface area contributed by atoms with Crippen LogP contribution in [0.3, 0.4) is 0 Å². The third-order valence-electron chi connectivity index (χ3n) is 2.10.